The van der Waals surface area contributed by atoms with Gasteiger partial charge >= 0.3 is 0 Å². The summed E-state index contributed by atoms with van der Waals surface area (Å²) in [4.78, 5) is 2.15. The topological polar surface area (TPSA) is 23.5 Å². The van der Waals surface area contributed by atoms with Crippen LogP contribution in [-0.2, 0) is 0 Å². The summed E-state index contributed by atoms with van der Waals surface area (Å²) in [7, 11) is 4.10. The minimum absolute atomic E-state index is 0.273. The first-order valence-electron chi connectivity index (χ1n) is 6.59. The van der Waals surface area contributed by atoms with Crippen molar-refractivity contribution in [3.8, 4) is 0 Å². The van der Waals surface area contributed by atoms with Gasteiger partial charge in [0.1, 0.15) is 6.10 Å². The maximum Gasteiger partial charge on any atom is 0.104 e. The van der Waals surface area contributed by atoms with Crippen LogP contribution in [0.15, 0.2) is 54.6 Å². The number of nitrogens with zero attached hydrogens (tertiary/aromatic N) is 1. The maximum absolute atomic E-state index is 10.6. The van der Waals surface area contributed by atoms with Gasteiger partial charge in [0, 0.05) is 6.04 Å². The lowest BCUT2D eigenvalue weighted by Gasteiger charge is -2.25. The Labute approximate surface area is 115 Å². The Morgan fingerprint density at radius 2 is 1.37 bits per heavy atom. The van der Waals surface area contributed by atoms with Crippen LogP contribution in [0, 0.1) is 0 Å². The van der Waals surface area contributed by atoms with Gasteiger partial charge in [-0.25, -0.2) is 0 Å². The first-order chi connectivity index (χ1) is 9.11. The van der Waals surface area contributed by atoms with Gasteiger partial charge in [-0.1, -0.05) is 54.6 Å². The summed E-state index contributed by atoms with van der Waals surface area (Å²) in [6.45, 7) is 2.15. The number of hydrogen-bond donors (Lipinski definition) is 1. The number of aliphatic hydroxyl groups excluding tert-OH is 1. The molecule has 0 fully saturated rings. The predicted octanol–water partition coefficient (Wildman–Crippen LogP) is 3.39. The molecule has 2 aromatic carbocycles. The molecule has 0 amide bonds. The zero-order chi connectivity index (χ0) is 13.8. The summed E-state index contributed by atoms with van der Waals surface area (Å²) in [6, 6.07) is 18.2. The van der Waals surface area contributed by atoms with E-state index < -0.39 is 6.10 Å². The van der Waals surface area contributed by atoms with E-state index in [9.17, 15) is 5.11 Å². The highest BCUT2D eigenvalue weighted by Gasteiger charge is 2.18. The van der Waals surface area contributed by atoms with Crippen LogP contribution in [0.25, 0.3) is 0 Å². The van der Waals surface area contributed by atoms with Crippen LogP contribution in [0.3, 0.4) is 0 Å². The van der Waals surface area contributed by atoms with Crippen LogP contribution in [0.1, 0.15) is 35.8 Å². The summed E-state index contributed by atoms with van der Waals surface area (Å²) in [6.07, 6.45) is -0.570. The molecule has 2 aromatic rings. The van der Waals surface area contributed by atoms with E-state index in [1.54, 1.807) is 0 Å². The fourth-order valence-corrected chi connectivity index (χ4v) is 2.23. The average Bonchev–Trinajstić information content (AvgIpc) is 2.46. The molecule has 0 saturated carbocycles. The second kappa shape index (κ2) is 6.00. The molecule has 0 spiro atoms. The maximum atomic E-state index is 10.6. The first-order valence-corrected chi connectivity index (χ1v) is 6.59. The van der Waals surface area contributed by atoms with Crippen molar-refractivity contribution < 1.29 is 5.11 Å². The molecule has 0 radical (unpaired) electrons. The van der Waals surface area contributed by atoms with E-state index in [1.807, 2.05) is 48.5 Å². The molecule has 0 aliphatic heterocycles. The molecule has 0 aliphatic rings. The molecule has 2 heteroatoms. The van der Waals surface area contributed by atoms with Gasteiger partial charge in [-0.3, -0.25) is 0 Å². The predicted molar refractivity (Wildman–Crippen MR) is 79.0 cm³/mol. The lowest BCUT2D eigenvalue weighted by atomic mass is 9.93. The zero-order valence-corrected chi connectivity index (χ0v) is 11.7. The van der Waals surface area contributed by atoms with Crippen molar-refractivity contribution in [3.05, 3.63) is 71.3 Å². The van der Waals surface area contributed by atoms with Crippen LogP contribution >= 0.6 is 0 Å². The van der Waals surface area contributed by atoms with Crippen molar-refractivity contribution in [1.82, 2.24) is 4.90 Å². The molecule has 0 aromatic heterocycles. The molecule has 2 nitrogen and oxygen atoms in total. The highest BCUT2D eigenvalue weighted by molar-refractivity contribution is 5.37. The highest BCUT2D eigenvalue weighted by Crippen LogP contribution is 2.30. The molecule has 19 heavy (non-hydrogen) atoms. The van der Waals surface area contributed by atoms with E-state index in [0.717, 1.165) is 11.1 Å². The van der Waals surface area contributed by atoms with E-state index in [-0.39, 0.29) is 6.04 Å². The van der Waals surface area contributed by atoms with Crippen LogP contribution in [0.2, 0.25) is 0 Å². The number of hydrogen-bond acceptors (Lipinski definition) is 2. The Morgan fingerprint density at radius 3 is 1.95 bits per heavy atom. The number of rotatable bonds is 4. The van der Waals surface area contributed by atoms with E-state index in [0.29, 0.717) is 0 Å². The lowest BCUT2D eigenvalue weighted by molar-refractivity contribution is 0.215. The van der Waals surface area contributed by atoms with Gasteiger partial charge in [0.2, 0.25) is 0 Å². The van der Waals surface area contributed by atoms with Gasteiger partial charge in [0.15, 0.2) is 0 Å². The fraction of sp³-hybridized carbons (Fsp3) is 0.294. The third kappa shape index (κ3) is 3.03. The SMILES string of the molecule is C[C@H](c1ccccc1[C@@H](O)c1ccccc1)N(C)C. The summed E-state index contributed by atoms with van der Waals surface area (Å²) in [5.74, 6) is 0. The van der Waals surface area contributed by atoms with Crippen LogP contribution in [0.5, 0.6) is 0 Å². The normalized spacial score (nSPS) is 14.4. The summed E-state index contributed by atoms with van der Waals surface area (Å²) in [5, 5.41) is 10.6. The molecule has 100 valence electrons. The summed E-state index contributed by atoms with van der Waals surface area (Å²) < 4.78 is 0. The highest BCUT2D eigenvalue weighted by atomic mass is 16.3. The second-order valence-electron chi connectivity index (χ2n) is 5.08. The molecule has 0 bridgehead atoms. The van der Waals surface area contributed by atoms with Gasteiger partial charge in [-0.05, 0) is 37.7 Å². The average molecular weight is 255 g/mol. The van der Waals surface area contributed by atoms with E-state index in [1.165, 1.54) is 5.56 Å². The second-order valence-corrected chi connectivity index (χ2v) is 5.08. The van der Waals surface area contributed by atoms with Crippen molar-refractivity contribution in [2.75, 3.05) is 14.1 Å². The molecule has 0 saturated heterocycles. The Morgan fingerprint density at radius 1 is 0.842 bits per heavy atom. The Balaban J connectivity index is 2.40. The van der Waals surface area contributed by atoms with Crippen LogP contribution in [-0.4, -0.2) is 24.1 Å². The number of benzene rings is 2. The molecule has 2 rings (SSSR count). The first kappa shape index (κ1) is 13.8. The van der Waals surface area contributed by atoms with Crippen molar-refractivity contribution in [1.29, 1.82) is 0 Å². The van der Waals surface area contributed by atoms with Gasteiger partial charge in [-0.2, -0.15) is 0 Å². The van der Waals surface area contributed by atoms with Crippen molar-refractivity contribution in [2.45, 2.75) is 19.1 Å². The monoisotopic (exact) mass is 255 g/mol. The standard InChI is InChI=1S/C17H21NO/c1-13(18(2)3)15-11-7-8-12-16(15)17(19)14-9-5-4-6-10-14/h4-13,17,19H,1-3H3/t13-,17+/m1/s1. The van der Waals surface area contributed by atoms with E-state index in [4.69, 9.17) is 0 Å². The molecule has 0 heterocycles. The van der Waals surface area contributed by atoms with Gasteiger partial charge in [0.25, 0.3) is 0 Å². The lowest BCUT2D eigenvalue weighted by Crippen LogP contribution is -2.19. The van der Waals surface area contributed by atoms with Gasteiger partial charge in [0.05, 0.1) is 0 Å². The Hall–Kier alpha value is -1.64. The van der Waals surface area contributed by atoms with Gasteiger partial charge in [-0.15, -0.1) is 0 Å². The third-order valence-electron chi connectivity index (χ3n) is 3.63. The molecular weight excluding hydrogens is 234 g/mol. The Kier molecular flexibility index (Phi) is 4.35. The fourth-order valence-electron chi connectivity index (χ4n) is 2.23. The number of aliphatic hydroxyl groups is 1. The minimum Gasteiger partial charge on any atom is -0.384 e. The zero-order valence-electron chi connectivity index (χ0n) is 11.7. The minimum atomic E-state index is -0.570. The van der Waals surface area contributed by atoms with Crippen LogP contribution in [0.4, 0.5) is 0 Å². The molecule has 0 aliphatic carbocycles. The van der Waals surface area contributed by atoms with Crippen molar-refractivity contribution in [3.63, 3.8) is 0 Å². The molecular formula is C17H21NO. The third-order valence-corrected chi connectivity index (χ3v) is 3.63. The summed E-state index contributed by atoms with van der Waals surface area (Å²) in [5.41, 5.74) is 3.08. The van der Waals surface area contributed by atoms with E-state index in [2.05, 4.69) is 32.0 Å². The van der Waals surface area contributed by atoms with E-state index >= 15 is 0 Å². The smallest absolute Gasteiger partial charge is 0.104 e. The van der Waals surface area contributed by atoms with Crippen LogP contribution < -0.4 is 0 Å². The van der Waals surface area contributed by atoms with Crippen molar-refractivity contribution >= 4 is 0 Å². The van der Waals surface area contributed by atoms with Gasteiger partial charge < -0.3 is 10.0 Å². The Bertz CT molecular complexity index is 522. The van der Waals surface area contributed by atoms with Crippen molar-refractivity contribution in [2.24, 2.45) is 0 Å². The quantitative estimate of drug-likeness (QED) is 0.905. The molecule has 2 atom stereocenters. The summed E-state index contributed by atoms with van der Waals surface area (Å²) >= 11 is 0. The molecule has 0 unspecified atom stereocenters. The molecule has 1 N–H and O–H groups in total. The largest absolute Gasteiger partial charge is 0.384 e.